The minimum absolute atomic E-state index is 0.368. The van der Waals surface area contributed by atoms with E-state index in [1.807, 2.05) is 31.4 Å². The Morgan fingerprint density at radius 3 is 2.72 bits per heavy atom. The fourth-order valence-corrected chi connectivity index (χ4v) is 2.00. The van der Waals surface area contributed by atoms with Crippen LogP contribution in [0.1, 0.15) is 0 Å². The molecule has 90 valence electrons. The van der Waals surface area contributed by atoms with Gasteiger partial charge in [0, 0.05) is 19.3 Å². The van der Waals surface area contributed by atoms with Crippen molar-refractivity contribution in [3.8, 4) is 11.4 Å². The molecular weight excluding hydrogens is 250 g/mol. The average molecular weight is 260 g/mol. The third kappa shape index (κ3) is 1.78. The van der Waals surface area contributed by atoms with Gasteiger partial charge < -0.3 is 5.73 Å². The number of halogens is 1. The Morgan fingerprint density at radius 2 is 2.00 bits per heavy atom. The predicted molar refractivity (Wildman–Crippen MR) is 71.2 cm³/mol. The minimum atomic E-state index is 0.368. The van der Waals surface area contributed by atoms with E-state index in [1.165, 1.54) is 0 Å². The molecule has 3 aromatic heterocycles. The van der Waals surface area contributed by atoms with Crippen molar-refractivity contribution in [1.82, 2.24) is 19.7 Å². The van der Waals surface area contributed by atoms with Crippen LogP contribution in [-0.4, -0.2) is 19.7 Å². The molecule has 0 unspecified atom stereocenters. The van der Waals surface area contributed by atoms with E-state index in [9.17, 15) is 0 Å². The molecule has 3 rings (SSSR count). The molecule has 0 bridgehead atoms. The van der Waals surface area contributed by atoms with Crippen LogP contribution in [0.4, 0.5) is 5.69 Å². The standard InChI is InChI=1S/C12H10ClN5/c1-18-5-4-9(17-18)8-2-3-10-12(16-8)7(14)6-11(13)15-10/h2-6H,1H3,(H2,14,15). The first-order chi connectivity index (χ1) is 8.63. The number of hydrogen-bond donors (Lipinski definition) is 1. The second-order valence-electron chi connectivity index (χ2n) is 3.97. The number of anilines is 1. The third-order valence-corrected chi connectivity index (χ3v) is 2.82. The van der Waals surface area contributed by atoms with Crippen molar-refractivity contribution in [2.24, 2.45) is 7.05 Å². The number of nitrogens with two attached hydrogens (primary N) is 1. The highest BCUT2D eigenvalue weighted by Gasteiger charge is 2.08. The van der Waals surface area contributed by atoms with Crippen LogP contribution in [-0.2, 0) is 7.05 Å². The van der Waals surface area contributed by atoms with Crippen molar-refractivity contribution in [3.63, 3.8) is 0 Å². The van der Waals surface area contributed by atoms with Gasteiger partial charge in [-0.3, -0.25) is 4.68 Å². The summed E-state index contributed by atoms with van der Waals surface area (Å²) in [6, 6.07) is 7.19. The van der Waals surface area contributed by atoms with Gasteiger partial charge in [-0.25, -0.2) is 9.97 Å². The molecule has 0 aliphatic carbocycles. The summed E-state index contributed by atoms with van der Waals surface area (Å²) in [6.45, 7) is 0. The molecule has 0 aromatic carbocycles. The number of aryl methyl sites for hydroxylation is 1. The van der Waals surface area contributed by atoms with Gasteiger partial charge in [0.1, 0.15) is 16.4 Å². The molecule has 0 aliphatic rings. The number of nitrogens with zero attached hydrogens (tertiary/aromatic N) is 4. The van der Waals surface area contributed by atoms with Gasteiger partial charge in [0.15, 0.2) is 0 Å². The Bertz CT molecular complexity index is 734. The molecular formula is C12H10ClN5. The summed E-state index contributed by atoms with van der Waals surface area (Å²) in [6.07, 6.45) is 1.87. The molecule has 3 heterocycles. The molecule has 3 aromatic rings. The van der Waals surface area contributed by atoms with Gasteiger partial charge >= 0.3 is 0 Å². The zero-order valence-corrected chi connectivity index (χ0v) is 10.4. The normalized spacial score (nSPS) is 11.0. The monoisotopic (exact) mass is 259 g/mol. The van der Waals surface area contributed by atoms with E-state index in [4.69, 9.17) is 17.3 Å². The average Bonchev–Trinajstić information content (AvgIpc) is 2.75. The zero-order valence-electron chi connectivity index (χ0n) is 9.63. The van der Waals surface area contributed by atoms with E-state index in [2.05, 4.69) is 15.1 Å². The quantitative estimate of drug-likeness (QED) is 0.681. The third-order valence-electron chi connectivity index (χ3n) is 2.63. The smallest absolute Gasteiger partial charge is 0.131 e. The van der Waals surface area contributed by atoms with Gasteiger partial charge in [0.05, 0.1) is 16.9 Å². The maximum Gasteiger partial charge on any atom is 0.131 e. The summed E-state index contributed by atoms with van der Waals surface area (Å²) in [4.78, 5) is 8.65. The lowest BCUT2D eigenvalue weighted by molar-refractivity contribution is 0.770. The van der Waals surface area contributed by atoms with Crippen LogP contribution in [0.15, 0.2) is 30.5 Å². The summed E-state index contributed by atoms with van der Waals surface area (Å²) < 4.78 is 1.73. The zero-order chi connectivity index (χ0) is 12.7. The number of hydrogen-bond acceptors (Lipinski definition) is 4. The fraction of sp³-hybridized carbons (Fsp3) is 0.0833. The second kappa shape index (κ2) is 3.96. The molecule has 0 atom stereocenters. The summed E-state index contributed by atoms with van der Waals surface area (Å²) in [5.41, 5.74) is 9.30. The summed E-state index contributed by atoms with van der Waals surface area (Å²) >= 11 is 5.85. The SMILES string of the molecule is Cn1ccc(-c2ccc3nc(Cl)cc(N)c3n2)n1. The highest BCUT2D eigenvalue weighted by Crippen LogP contribution is 2.24. The van der Waals surface area contributed by atoms with Crippen LogP contribution in [0, 0.1) is 0 Å². The van der Waals surface area contributed by atoms with E-state index in [0.29, 0.717) is 21.9 Å². The first-order valence-electron chi connectivity index (χ1n) is 5.36. The summed E-state index contributed by atoms with van der Waals surface area (Å²) in [5, 5.41) is 4.67. The number of nitrogen functional groups attached to an aromatic ring is 1. The van der Waals surface area contributed by atoms with E-state index in [1.54, 1.807) is 10.7 Å². The van der Waals surface area contributed by atoms with Crippen molar-refractivity contribution in [2.75, 3.05) is 5.73 Å². The van der Waals surface area contributed by atoms with Crippen molar-refractivity contribution in [1.29, 1.82) is 0 Å². The first kappa shape index (κ1) is 11.0. The van der Waals surface area contributed by atoms with Gasteiger partial charge in [-0.2, -0.15) is 5.10 Å². The number of aromatic nitrogens is 4. The van der Waals surface area contributed by atoms with Gasteiger partial charge in [0.2, 0.25) is 0 Å². The minimum Gasteiger partial charge on any atom is -0.397 e. The molecule has 0 aliphatic heterocycles. The van der Waals surface area contributed by atoms with E-state index in [0.717, 1.165) is 11.4 Å². The molecule has 0 fully saturated rings. The second-order valence-corrected chi connectivity index (χ2v) is 4.36. The largest absolute Gasteiger partial charge is 0.397 e. The van der Waals surface area contributed by atoms with Crippen LogP contribution in [0.2, 0.25) is 5.15 Å². The molecule has 0 saturated carbocycles. The van der Waals surface area contributed by atoms with Gasteiger partial charge in [-0.05, 0) is 18.2 Å². The first-order valence-corrected chi connectivity index (χ1v) is 5.74. The molecule has 18 heavy (non-hydrogen) atoms. The number of pyridine rings is 2. The van der Waals surface area contributed by atoms with E-state index < -0.39 is 0 Å². The van der Waals surface area contributed by atoms with E-state index >= 15 is 0 Å². The Labute approximate surface area is 108 Å². The van der Waals surface area contributed by atoms with Crippen molar-refractivity contribution in [3.05, 3.63) is 35.6 Å². The van der Waals surface area contributed by atoms with Crippen molar-refractivity contribution < 1.29 is 0 Å². The number of fused-ring (bicyclic) bond motifs is 1. The highest BCUT2D eigenvalue weighted by atomic mass is 35.5. The summed E-state index contributed by atoms with van der Waals surface area (Å²) in [7, 11) is 1.86. The Morgan fingerprint density at radius 1 is 1.17 bits per heavy atom. The molecule has 0 spiro atoms. The van der Waals surface area contributed by atoms with Crippen LogP contribution in [0.3, 0.4) is 0 Å². The van der Waals surface area contributed by atoms with Crippen molar-refractivity contribution in [2.45, 2.75) is 0 Å². The topological polar surface area (TPSA) is 69.6 Å². The van der Waals surface area contributed by atoms with Crippen LogP contribution >= 0.6 is 11.6 Å². The lowest BCUT2D eigenvalue weighted by Gasteiger charge is -2.03. The molecule has 0 amide bonds. The lowest BCUT2D eigenvalue weighted by Crippen LogP contribution is -1.95. The predicted octanol–water partition coefficient (Wildman–Crippen LogP) is 2.27. The van der Waals surface area contributed by atoms with Gasteiger partial charge in [0.25, 0.3) is 0 Å². The van der Waals surface area contributed by atoms with Gasteiger partial charge in [-0.15, -0.1) is 0 Å². The summed E-state index contributed by atoms with van der Waals surface area (Å²) in [5.74, 6) is 0. The fourth-order valence-electron chi connectivity index (χ4n) is 1.79. The highest BCUT2D eigenvalue weighted by molar-refractivity contribution is 6.30. The number of rotatable bonds is 1. The lowest BCUT2D eigenvalue weighted by atomic mass is 10.2. The van der Waals surface area contributed by atoms with Crippen LogP contribution < -0.4 is 5.73 Å². The maximum atomic E-state index is 5.90. The van der Waals surface area contributed by atoms with Gasteiger partial charge in [-0.1, -0.05) is 11.6 Å². The molecule has 5 nitrogen and oxygen atoms in total. The Kier molecular flexibility index (Phi) is 2.41. The molecule has 0 radical (unpaired) electrons. The molecule has 6 heteroatoms. The van der Waals surface area contributed by atoms with E-state index in [-0.39, 0.29) is 0 Å². The molecule has 0 saturated heterocycles. The molecule has 2 N–H and O–H groups in total. The Balaban J connectivity index is 2.22. The van der Waals surface area contributed by atoms with Crippen LogP contribution in [0.5, 0.6) is 0 Å². The van der Waals surface area contributed by atoms with Crippen molar-refractivity contribution >= 4 is 28.3 Å². The van der Waals surface area contributed by atoms with Crippen LogP contribution in [0.25, 0.3) is 22.4 Å². The Hall–Kier alpha value is -2.14. The maximum absolute atomic E-state index is 5.90.